The van der Waals surface area contributed by atoms with Crippen molar-refractivity contribution in [3.05, 3.63) is 105 Å². The highest BCUT2D eigenvalue weighted by molar-refractivity contribution is 7.98. The standard InChI is InChI=1S/C23H17Cl3N4OS/c24-17-8-4-7-16(11-17)22(31)27-13-21-28-29-23(32-14-15-5-2-1-3-6-15)30(21)20-10-9-18(25)12-19(20)26/h1-12H,13-14H2,(H,27,31). The molecule has 0 aliphatic heterocycles. The van der Waals surface area contributed by atoms with E-state index < -0.39 is 0 Å². The molecular weight excluding hydrogens is 487 g/mol. The summed E-state index contributed by atoms with van der Waals surface area (Å²) in [5.41, 5.74) is 2.31. The van der Waals surface area contributed by atoms with Crippen LogP contribution in [0.3, 0.4) is 0 Å². The summed E-state index contributed by atoms with van der Waals surface area (Å²) in [7, 11) is 0. The fourth-order valence-electron chi connectivity index (χ4n) is 3.03. The Labute approximate surface area is 204 Å². The van der Waals surface area contributed by atoms with Gasteiger partial charge in [0.25, 0.3) is 5.91 Å². The van der Waals surface area contributed by atoms with Crippen molar-refractivity contribution in [3.8, 4) is 5.69 Å². The number of rotatable bonds is 7. The maximum atomic E-state index is 12.6. The smallest absolute Gasteiger partial charge is 0.251 e. The fraction of sp³-hybridized carbons (Fsp3) is 0.0870. The molecule has 0 radical (unpaired) electrons. The second-order valence-corrected chi connectivity index (χ2v) is 9.02. The molecule has 0 fully saturated rings. The van der Waals surface area contributed by atoms with E-state index in [-0.39, 0.29) is 12.5 Å². The molecule has 1 amide bonds. The average molecular weight is 504 g/mol. The van der Waals surface area contributed by atoms with E-state index in [0.717, 1.165) is 5.56 Å². The number of aromatic nitrogens is 3. The summed E-state index contributed by atoms with van der Waals surface area (Å²) in [6.45, 7) is 0.156. The van der Waals surface area contributed by atoms with Crippen molar-refractivity contribution in [2.45, 2.75) is 17.5 Å². The molecule has 0 spiro atoms. The number of amides is 1. The van der Waals surface area contributed by atoms with Crippen LogP contribution in [0.4, 0.5) is 0 Å². The number of hydrogen-bond acceptors (Lipinski definition) is 4. The average Bonchev–Trinajstić information content (AvgIpc) is 3.19. The summed E-state index contributed by atoms with van der Waals surface area (Å²) >= 11 is 20.1. The largest absolute Gasteiger partial charge is 0.345 e. The van der Waals surface area contributed by atoms with Gasteiger partial charge in [-0.3, -0.25) is 9.36 Å². The van der Waals surface area contributed by atoms with E-state index in [1.807, 2.05) is 28.8 Å². The Bertz CT molecular complexity index is 1250. The third-order valence-electron chi connectivity index (χ3n) is 4.56. The van der Waals surface area contributed by atoms with Gasteiger partial charge < -0.3 is 5.32 Å². The second kappa shape index (κ2) is 10.4. The lowest BCUT2D eigenvalue weighted by Crippen LogP contribution is -2.24. The second-order valence-electron chi connectivity index (χ2n) is 6.80. The molecule has 1 aromatic heterocycles. The molecule has 3 aromatic carbocycles. The summed E-state index contributed by atoms with van der Waals surface area (Å²) in [4.78, 5) is 12.6. The third-order valence-corrected chi connectivity index (χ3v) is 6.33. The Morgan fingerprint density at radius 3 is 2.44 bits per heavy atom. The van der Waals surface area contributed by atoms with Crippen molar-refractivity contribution in [3.63, 3.8) is 0 Å². The molecule has 4 aromatic rings. The van der Waals surface area contributed by atoms with Crippen LogP contribution in [-0.2, 0) is 12.3 Å². The van der Waals surface area contributed by atoms with Crippen LogP contribution in [0.1, 0.15) is 21.7 Å². The maximum absolute atomic E-state index is 12.6. The van der Waals surface area contributed by atoms with Crippen LogP contribution in [0.25, 0.3) is 5.69 Å². The van der Waals surface area contributed by atoms with Crippen molar-refractivity contribution in [1.29, 1.82) is 0 Å². The van der Waals surface area contributed by atoms with Crippen molar-refractivity contribution in [2.24, 2.45) is 0 Å². The maximum Gasteiger partial charge on any atom is 0.251 e. The molecule has 1 N–H and O–H groups in total. The lowest BCUT2D eigenvalue weighted by atomic mass is 10.2. The number of carbonyl (C=O) groups excluding carboxylic acids is 1. The highest BCUT2D eigenvalue weighted by atomic mass is 35.5. The number of benzene rings is 3. The van der Waals surface area contributed by atoms with Gasteiger partial charge in [-0.25, -0.2) is 0 Å². The van der Waals surface area contributed by atoms with Gasteiger partial charge in [0.05, 0.1) is 17.3 Å². The molecule has 32 heavy (non-hydrogen) atoms. The van der Waals surface area contributed by atoms with Gasteiger partial charge in [-0.05, 0) is 42.0 Å². The lowest BCUT2D eigenvalue weighted by molar-refractivity contribution is 0.0949. The van der Waals surface area contributed by atoms with Crippen LogP contribution in [0.5, 0.6) is 0 Å². The Kier molecular flexibility index (Phi) is 7.37. The number of nitrogens with zero attached hydrogens (tertiary/aromatic N) is 3. The molecule has 5 nitrogen and oxygen atoms in total. The van der Waals surface area contributed by atoms with Gasteiger partial charge in [0.1, 0.15) is 0 Å². The van der Waals surface area contributed by atoms with Crippen LogP contribution in [0, 0.1) is 0 Å². The van der Waals surface area contributed by atoms with Crippen molar-refractivity contribution in [1.82, 2.24) is 20.1 Å². The number of halogens is 3. The number of nitrogens with one attached hydrogen (secondary N) is 1. The van der Waals surface area contributed by atoms with E-state index in [2.05, 4.69) is 27.6 Å². The molecular formula is C23H17Cl3N4OS. The van der Waals surface area contributed by atoms with E-state index in [1.54, 1.807) is 36.4 Å². The number of thioether (sulfide) groups is 1. The summed E-state index contributed by atoms with van der Waals surface area (Å²) in [5.74, 6) is 0.988. The summed E-state index contributed by atoms with van der Waals surface area (Å²) in [5, 5.41) is 13.7. The first-order valence-corrected chi connectivity index (χ1v) is 11.7. The molecule has 0 bridgehead atoms. The zero-order valence-corrected chi connectivity index (χ0v) is 19.7. The highest BCUT2D eigenvalue weighted by Gasteiger charge is 2.18. The van der Waals surface area contributed by atoms with Gasteiger partial charge in [0.2, 0.25) is 0 Å². The van der Waals surface area contributed by atoms with Gasteiger partial charge in [0, 0.05) is 21.4 Å². The topological polar surface area (TPSA) is 59.8 Å². The first kappa shape index (κ1) is 22.7. The molecule has 1 heterocycles. The van der Waals surface area contributed by atoms with Crippen LogP contribution >= 0.6 is 46.6 Å². The van der Waals surface area contributed by atoms with Crippen LogP contribution in [0.15, 0.2) is 78.0 Å². The molecule has 0 aliphatic carbocycles. The quantitative estimate of drug-likeness (QED) is 0.294. The molecule has 0 atom stereocenters. The van der Waals surface area contributed by atoms with E-state index in [4.69, 9.17) is 34.8 Å². The zero-order chi connectivity index (χ0) is 22.5. The minimum absolute atomic E-state index is 0.156. The van der Waals surface area contributed by atoms with E-state index in [0.29, 0.717) is 43.1 Å². The van der Waals surface area contributed by atoms with Gasteiger partial charge in [-0.15, -0.1) is 10.2 Å². The van der Waals surface area contributed by atoms with Gasteiger partial charge in [0.15, 0.2) is 11.0 Å². The minimum atomic E-state index is -0.261. The van der Waals surface area contributed by atoms with Gasteiger partial charge in [-0.2, -0.15) is 0 Å². The fourth-order valence-corrected chi connectivity index (χ4v) is 4.63. The van der Waals surface area contributed by atoms with Crippen LogP contribution in [0.2, 0.25) is 15.1 Å². The van der Waals surface area contributed by atoms with Gasteiger partial charge >= 0.3 is 0 Å². The SMILES string of the molecule is O=C(NCc1nnc(SCc2ccccc2)n1-c1ccc(Cl)cc1Cl)c1cccc(Cl)c1. The Morgan fingerprint density at radius 1 is 0.906 bits per heavy atom. The van der Waals surface area contributed by atoms with E-state index >= 15 is 0 Å². The van der Waals surface area contributed by atoms with Crippen LogP contribution < -0.4 is 5.32 Å². The van der Waals surface area contributed by atoms with Crippen molar-refractivity contribution >= 4 is 52.5 Å². The van der Waals surface area contributed by atoms with Gasteiger partial charge in [-0.1, -0.05) is 83.0 Å². The Hall–Kier alpha value is -2.51. The van der Waals surface area contributed by atoms with E-state index in [9.17, 15) is 4.79 Å². The predicted molar refractivity (Wildman–Crippen MR) is 130 cm³/mol. The van der Waals surface area contributed by atoms with Crippen molar-refractivity contribution in [2.75, 3.05) is 0 Å². The normalized spacial score (nSPS) is 10.8. The Morgan fingerprint density at radius 2 is 1.69 bits per heavy atom. The molecule has 162 valence electrons. The summed E-state index contributed by atoms with van der Waals surface area (Å²) in [6, 6.07) is 22.0. The highest BCUT2D eigenvalue weighted by Crippen LogP contribution is 2.30. The predicted octanol–water partition coefficient (Wildman–Crippen LogP) is 6.45. The summed E-state index contributed by atoms with van der Waals surface area (Å²) < 4.78 is 1.84. The zero-order valence-electron chi connectivity index (χ0n) is 16.6. The minimum Gasteiger partial charge on any atom is -0.345 e. The molecule has 9 heteroatoms. The number of hydrogen-bond donors (Lipinski definition) is 1. The number of carbonyl (C=O) groups is 1. The molecule has 0 aliphatic rings. The first-order valence-electron chi connectivity index (χ1n) is 9.61. The van der Waals surface area contributed by atoms with E-state index in [1.165, 1.54) is 11.8 Å². The third kappa shape index (κ3) is 5.45. The molecule has 4 rings (SSSR count). The molecule has 0 saturated carbocycles. The lowest BCUT2D eigenvalue weighted by Gasteiger charge is -2.13. The van der Waals surface area contributed by atoms with Crippen LogP contribution in [-0.4, -0.2) is 20.7 Å². The van der Waals surface area contributed by atoms with Crippen molar-refractivity contribution < 1.29 is 4.79 Å². The Balaban J connectivity index is 1.61. The first-order chi connectivity index (χ1) is 15.5. The summed E-state index contributed by atoms with van der Waals surface area (Å²) in [6.07, 6.45) is 0. The monoisotopic (exact) mass is 502 g/mol. The molecule has 0 saturated heterocycles. The molecule has 0 unspecified atom stereocenters.